The summed E-state index contributed by atoms with van der Waals surface area (Å²) in [7, 11) is 0. The standard InChI is InChI=1S/C10H19NO4/c1-7(2)11(5-4-6-12)9(13)8(3)10(14)15/h7-8,12H,4-6H2,1-3H3,(H,14,15). The first-order valence-electron chi connectivity index (χ1n) is 5.06. The highest BCUT2D eigenvalue weighted by Crippen LogP contribution is 2.08. The highest BCUT2D eigenvalue weighted by atomic mass is 16.4. The molecule has 0 aromatic heterocycles. The van der Waals surface area contributed by atoms with Crippen molar-refractivity contribution in [1.29, 1.82) is 0 Å². The number of hydrogen-bond donors (Lipinski definition) is 2. The van der Waals surface area contributed by atoms with Crippen LogP contribution in [0, 0.1) is 5.92 Å². The van der Waals surface area contributed by atoms with Gasteiger partial charge in [-0.15, -0.1) is 0 Å². The third-order valence-corrected chi connectivity index (χ3v) is 2.20. The second kappa shape index (κ2) is 6.40. The summed E-state index contributed by atoms with van der Waals surface area (Å²) in [5.74, 6) is -2.54. The van der Waals surface area contributed by atoms with E-state index in [4.69, 9.17) is 10.2 Å². The molecule has 0 saturated heterocycles. The van der Waals surface area contributed by atoms with Crippen LogP contribution < -0.4 is 0 Å². The number of carboxylic acids is 1. The maximum atomic E-state index is 11.7. The lowest BCUT2D eigenvalue weighted by molar-refractivity contribution is -0.151. The molecule has 0 fully saturated rings. The van der Waals surface area contributed by atoms with Crippen LogP contribution in [0.4, 0.5) is 0 Å². The Morgan fingerprint density at radius 3 is 2.13 bits per heavy atom. The minimum Gasteiger partial charge on any atom is -0.481 e. The lowest BCUT2D eigenvalue weighted by atomic mass is 10.1. The van der Waals surface area contributed by atoms with E-state index in [1.807, 2.05) is 13.8 Å². The zero-order chi connectivity index (χ0) is 12.0. The van der Waals surface area contributed by atoms with Crippen molar-refractivity contribution >= 4 is 11.9 Å². The van der Waals surface area contributed by atoms with E-state index in [-0.39, 0.29) is 12.6 Å². The van der Waals surface area contributed by atoms with Gasteiger partial charge in [-0.05, 0) is 27.2 Å². The second-order valence-electron chi connectivity index (χ2n) is 3.76. The average molecular weight is 217 g/mol. The Morgan fingerprint density at radius 2 is 1.80 bits per heavy atom. The van der Waals surface area contributed by atoms with Gasteiger partial charge in [0.2, 0.25) is 5.91 Å². The molecule has 0 bridgehead atoms. The van der Waals surface area contributed by atoms with Crippen LogP contribution in [-0.4, -0.2) is 46.2 Å². The molecule has 0 aromatic rings. The molecule has 0 rings (SSSR count). The molecular weight excluding hydrogens is 198 g/mol. The van der Waals surface area contributed by atoms with Gasteiger partial charge < -0.3 is 15.1 Å². The van der Waals surface area contributed by atoms with Crippen molar-refractivity contribution in [3.63, 3.8) is 0 Å². The van der Waals surface area contributed by atoms with Crippen LogP contribution in [0.15, 0.2) is 0 Å². The van der Waals surface area contributed by atoms with E-state index in [1.54, 1.807) is 0 Å². The predicted octanol–water partition coefficient (Wildman–Crippen LogP) is 0.327. The largest absolute Gasteiger partial charge is 0.481 e. The van der Waals surface area contributed by atoms with Gasteiger partial charge in [-0.3, -0.25) is 9.59 Å². The molecule has 0 heterocycles. The molecule has 0 aliphatic carbocycles. The van der Waals surface area contributed by atoms with Gasteiger partial charge in [0, 0.05) is 19.2 Å². The number of hydrogen-bond acceptors (Lipinski definition) is 3. The number of carbonyl (C=O) groups is 2. The molecule has 5 nitrogen and oxygen atoms in total. The maximum Gasteiger partial charge on any atom is 0.315 e. The molecule has 5 heteroatoms. The van der Waals surface area contributed by atoms with Gasteiger partial charge >= 0.3 is 5.97 Å². The molecular formula is C10H19NO4. The van der Waals surface area contributed by atoms with E-state index in [0.717, 1.165) is 0 Å². The summed E-state index contributed by atoms with van der Waals surface area (Å²) in [6, 6.07) is -0.0501. The minimum absolute atomic E-state index is 0.00203. The second-order valence-corrected chi connectivity index (χ2v) is 3.76. The summed E-state index contributed by atoms with van der Waals surface area (Å²) in [5, 5.41) is 17.4. The molecule has 0 aliphatic heterocycles. The molecule has 2 N–H and O–H groups in total. The van der Waals surface area contributed by atoms with Crippen molar-refractivity contribution < 1.29 is 19.8 Å². The van der Waals surface area contributed by atoms with Crippen LogP contribution in [0.3, 0.4) is 0 Å². The smallest absolute Gasteiger partial charge is 0.315 e. The monoisotopic (exact) mass is 217 g/mol. The van der Waals surface area contributed by atoms with Gasteiger partial charge in [-0.2, -0.15) is 0 Å². The van der Waals surface area contributed by atoms with Crippen LogP contribution in [0.5, 0.6) is 0 Å². The topological polar surface area (TPSA) is 77.8 Å². The summed E-state index contributed by atoms with van der Waals surface area (Å²) < 4.78 is 0. The predicted molar refractivity (Wildman–Crippen MR) is 55.4 cm³/mol. The zero-order valence-corrected chi connectivity index (χ0v) is 9.43. The van der Waals surface area contributed by atoms with Crippen molar-refractivity contribution in [1.82, 2.24) is 4.90 Å². The van der Waals surface area contributed by atoms with Crippen molar-refractivity contribution in [2.45, 2.75) is 33.2 Å². The van der Waals surface area contributed by atoms with Gasteiger partial charge in [0.15, 0.2) is 0 Å². The minimum atomic E-state index is -1.12. The first kappa shape index (κ1) is 13.9. The molecule has 0 aliphatic rings. The Balaban J connectivity index is 4.48. The highest BCUT2D eigenvalue weighted by molar-refractivity contribution is 5.96. The van der Waals surface area contributed by atoms with Crippen LogP contribution >= 0.6 is 0 Å². The average Bonchev–Trinajstić information content (AvgIpc) is 2.16. The molecule has 1 unspecified atom stereocenters. The summed E-state index contributed by atoms with van der Waals surface area (Å²) in [5.41, 5.74) is 0. The quantitative estimate of drug-likeness (QED) is 0.628. The molecule has 1 amide bonds. The number of aliphatic carboxylic acids is 1. The fourth-order valence-electron chi connectivity index (χ4n) is 1.22. The number of carboxylic acid groups (broad SMARTS) is 1. The lowest BCUT2D eigenvalue weighted by Crippen LogP contribution is -2.43. The number of amides is 1. The maximum absolute atomic E-state index is 11.7. The van der Waals surface area contributed by atoms with E-state index in [0.29, 0.717) is 13.0 Å². The van der Waals surface area contributed by atoms with Gasteiger partial charge in [-0.25, -0.2) is 0 Å². The van der Waals surface area contributed by atoms with Crippen molar-refractivity contribution in [2.24, 2.45) is 5.92 Å². The fourth-order valence-corrected chi connectivity index (χ4v) is 1.22. The number of aliphatic hydroxyl groups excluding tert-OH is 1. The first-order chi connectivity index (χ1) is 6.91. The first-order valence-corrected chi connectivity index (χ1v) is 5.06. The number of carbonyl (C=O) groups excluding carboxylic acids is 1. The lowest BCUT2D eigenvalue weighted by Gasteiger charge is -2.28. The van der Waals surface area contributed by atoms with Gasteiger partial charge in [0.25, 0.3) is 0 Å². The van der Waals surface area contributed by atoms with E-state index >= 15 is 0 Å². The Kier molecular flexibility index (Phi) is 5.93. The molecule has 0 saturated carbocycles. The number of aliphatic hydroxyl groups is 1. The molecule has 88 valence electrons. The molecule has 1 atom stereocenters. The van der Waals surface area contributed by atoms with Crippen LogP contribution in [-0.2, 0) is 9.59 Å². The molecule has 0 aromatic carbocycles. The van der Waals surface area contributed by atoms with Crippen LogP contribution in [0.1, 0.15) is 27.2 Å². The molecule has 15 heavy (non-hydrogen) atoms. The fraction of sp³-hybridized carbons (Fsp3) is 0.800. The van der Waals surface area contributed by atoms with Crippen molar-refractivity contribution in [2.75, 3.05) is 13.2 Å². The Morgan fingerprint density at radius 1 is 1.27 bits per heavy atom. The van der Waals surface area contributed by atoms with E-state index in [2.05, 4.69) is 0 Å². The van der Waals surface area contributed by atoms with Crippen molar-refractivity contribution in [3.8, 4) is 0 Å². The Labute approximate surface area is 89.7 Å². The van der Waals surface area contributed by atoms with Crippen LogP contribution in [0.25, 0.3) is 0 Å². The van der Waals surface area contributed by atoms with Gasteiger partial charge in [0.05, 0.1) is 0 Å². The van der Waals surface area contributed by atoms with E-state index in [1.165, 1.54) is 11.8 Å². The third kappa shape index (κ3) is 4.29. The number of rotatable bonds is 6. The summed E-state index contributed by atoms with van der Waals surface area (Å²) in [4.78, 5) is 23.8. The van der Waals surface area contributed by atoms with E-state index in [9.17, 15) is 9.59 Å². The van der Waals surface area contributed by atoms with Crippen LogP contribution in [0.2, 0.25) is 0 Å². The Bertz CT molecular complexity index is 227. The normalized spacial score (nSPS) is 12.6. The number of nitrogens with zero attached hydrogens (tertiary/aromatic N) is 1. The van der Waals surface area contributed by atoms with E-state index < -0.39 is 17.8 Å². The summed E-state index contributed by atoms with van der Waals surface area (Å²) >= 11 is 0. The molecule has 0 radical (unpaired) electrons. The summed E-state index contributed by atoms with van der Waals surface area (Å²) in [6.07, 6.45) is 0.469. The van der Waals surface area contributed by atoms with Crippen molar-refractivity contribution in [3.05, 3.63) is 0 Å². The van der Waals surface area contributed by atoms with Gasteiger partial charge in [0.1, 0.15) is 5.92 Å². The SMILES string of the molecule is CC(C(=O)O)C(=O)N(CCCO)C(C)C. The van der Waals surface area contributed by atoms with Gasteiger partial charge in [-0.1, -0.05) is 0 Å². The highest BCUT2D eigenvalue weighted by Gasteiger charge is 2.27. The summed E-state index contributed by atoms with van der Waals surface area (Å²) in [6.45, 7) is 5.41. The zero-order valence-electron chi connectivity index (χ0n) is 9.43. The Hall–Kier alpha value is -1.10. The third-order valence-electron chi connectivity index (χ3n) is 2.20. The molecule has 0 spiro atoms.